The van der Waals surface area contributed by atoms with Gasteiger partial charge in [0, 0.05) is 29.3 Å². The monoisotopic (exact) mass is 476 g/mol. The Kier molecular flexibility index (Phi) is 3.85. The van der Waals surface area contributed by atoms with Gasteiger partial charge in [0.1, 0.15) is 11.9 Å². The summed E-state index contributed by atoms with van der Waals surface area (Å²) in [6.45, 7) is 2.11. The number of phenols is 1. The Labute approximate surface area is 203 Å². The van der Waals surface area contributed by atoms with Gasteiger partial charge in [-0.2, -0.15) is 0 Å². The average molecular weight is 477 g/mol. The maximum atomic E-state index is 14.6. The largest absolute Gasteiger partial charge is 0.504 e. The summed E-state index contributed by atoms with van der Waals surface area (Å²) >= 11 is 0. The second-order valence-corrected chi connectivity index (χ2v) is 11.6. The molecule has 3 aliphatic heterocycles. The third-order valence-corrected chi connectivity index (χ3v) is 10.1. The first kappa shape index (κ1) is 20.5. The van der Waals surface area contributed by atoms with E-state index in [-0.39, 0.29) is 36.1 Å². The predicted octanol–water partition coefficient (Wildman–Crippen LogP) is 3.12. The highest BCUT2D eigenvalue weighted by molar-refractivity contribution is 5.98. The highest BCUT2D eigenvalue weighted by Gasteiger charge is 2.73. The summed E-state index contributed by atoms with van der Waals surface area (Å²) in [4.78, 5) is 17.7. The van der Waals surface area contributed by atoms with Crippen molar-refractivity contribution in [1.82, 2.24) is 9.80 Å². The molecule has 3 aliphatic carbocycles. The topological polar surface area (TPSA) is 73.2 Å². The number of carbonyl (C=O) groups excluding carboxylic acids is 1. The fraction of sp³-hybridized carbons (Fsp3) is 0.536. The number of ether oxygens (including phenoxy) is 1. The Balaban J connectivity index is 1.26. The lowest BCUT2D eigenvalue weighted by Crippen LogP contribution is -2.78. The quantitative estimate of drug-likeness (QED) is 0.712. The van der Waals surface area contributed by atoms with Crippen molar-refractivity contribution in [2.75, 3.05) is 13.1 Å². The van der Waals surface area contributed by atoms with Gasteiger partial charge in [-0.05, 0) is 74.8 Å². The van der Waals surface area contributed by atoms with Crippen LogP contribution in [0.3, 0.4) is 0 Å². The van der Waals surface area contributed by atoms with Crippen LogP contribution in [-0.2, 0) is 18.4 Å². The van der Waals surface area contributed by atoms with Crippen LogP contribution < -0.4 is 4.74 Å². The molecular formula is C28H29FN2O4. The number of hydrogen-bond donors (Lipinski definition) is 2. The molecule has 0 unspecified atom stereocenters. The van der Waals surface area contributed by atoms with Crippen molar-refractivity contribution in [2.45, 2.75) is 74.3 Å². The van der Waals surface area contributed by atoms with Crippen LogP contribution in [0.4, 0.5) is 4.39 Å². The Morgan fingerprint density at radius 1 is 1.14 bits per heavy atom. The van der Waals surface area contributed by atoms with Gasteiger partial charge in [0.15, 0.2) is 11.5 Å². The Hall–Kier alpha value is -2.64. The van der Waals surface area contributed by atoms with E-state index in [1.54, 1.807) is 23.1 Å². The highest BCUT2D eigenvalue weighted by Crippen LogP contribution is 2.66. The molecule has 5 atom stereocenters. The van der Waals surface area contributed by atoms with Gasteiger partial charge in [-0.1, -0.05) is 12.1 Å². The fourth-order valence-electron chi connectivity index (χ4n) is 8.36. The molecule has 2 aromatic rings. The van der Waals surface area contributed by atoms with Gasteiger partial charge in [-0.15, -0.1) is 0 Å². The van der Waals surface area contributed by atoms with Crippen LogP contribution in [0.1, 0.15) is 59.2 Å². The molecule has 2 aromatic carbocycles. The van der Waals surface area contributed by atoms with Crippen LogP contribution in [0.2, 0.25) is 0 Å². The van der Waals surface area contributed by atoms with Crippen molar-refractivity contribution < 1.29 is 24.1 Å². The van der Waals surface area contributed by atoms with E-state index in [0.29, 0.717) is 29.7 Å². The first-order valence-electron chi connectivity index (χ1n) is 13.0. The summed E-state index contributed by atoms with van der Waals surface area (Å²) in [5.41, 5.74) is 1.27. The second kappa shape index (κ2) is 6.56. The summed E-state index contributed by atoms with van der Waals surface area (Å²) in [7, 11) is 0. The number of nitrogens with zero attached hydrogens (tertiary/aromatic N) is 2. The Bertz CT molecular complexity index is 1290. The van der Waals surface area contributed by atoms with E-state index >= 15 is 0 Å². The van der Waals surface area contributed by atoms with E-state index in [9.17, 15) is 19.4 Å². The van der Waals surface area contributed by atoms with Crippen LogP contribution in [0, 0.1) is 11.7 Å². The molecule has 6 nitrogen and oxygen atoms in total. The van der Waals surface area contributed by atoms with Crippen LogP contribution in [0.25, 0.3) is 0 Å². The lowest BCUT2D eigenvalue weighted by atomic mass is 9.48. The number of fused-ring (bicyclic) bond motifs is 1. The number of likely N-dealkylation sites (tertiary alicyclic amines) is 1. The van der Waals surface area contributed by atoms with Gasteiger partial charge in [0.25, 0.3) is 5.91 Å². The standard InChI is InChI=1S/C28H29FN2O4/c29-19-3-1-2-17-18(19)14-31(26(17)33)20-8-9-28(34)22-12-16-6-7-21(32)24-23(16)27(28,25(20)35-24)10-11-30(22)13-15-4-5-15/h1-3,6-7,15,20,22,25,32,34H,4-5,8-14H2/t20-,22+,25+,27+,28-/m1/s1. The van der Waals surface area contributed by atoms with E-state index in [4.69, 9.17) is 4.74 Å². The average Bonchev–Trinajstić information content (AvgIpc) is 3.49. The van der Waals surface area contributed by atoms with Gasteiger partial charge in [-0.25, -0.2) is 4.39 Å². The molecule has 1 saturated heterocycles. The molecule has 6 aliphatic rings. The predicted molar refractivity (Wildman–Crippen MR) is 125 cm³/mol. The van der Waals surface area contributed by atoms with Gasteiger partial charge in [0.2, 0.25) is 0 Å². The minimum absolute atomic E-state index is 0.00388. The van der Waals surface area contributed by atoms with Crippen molar-refractivity contribution in [1.29, 1.82) is 0 Å². The van der Waals surface area contributed by atoms with Crippen molar-refractivity contribution in [3.05, 3.63) is 58.4 Å². The molecule has 3 fully saturated rings. The fourth-order valence-corrected chi connectivity index (χ4v) is 8.36. The van der Waals surface area contributed by atoms with Crippen LogP contribution >= 0.6 is 0 Å². The molecule has 3 heterocycles. The molecule has 1 amide bonds. The van der Waals surface area contributed by atoms with Crippen molar-refractivity contribution in [2.24, 2.45) is 5.92 Å². The number of piperidine rings is 1. The van der Waals surface area contributed by atoms with Crippen LogP contribution in [0.5, 0.6) is 11.5 Å². The maximum Gasteiger partial charge on any atom is 0.254 e. The number of amides is 1. The number of aromatic hydroxyl groups is 1. The normalized spacial score (nSPS) is 36.7. The van der Waals surface area contributed by atoms with Crippen molar-refractivity contribution in [3.8, 4) is 11.5 Å². The van der Waals surface area contributed by atoms with Crippen LogP contribution in [0.15, 0.2) is 30.3 Å². The van der Waals surface area contributed by atoms with E-state index in [1.165, 1.54) is 18.9 Å². The lowest BCUT2D eigenvalue weighted by Gasteiger charge is -2.64. The first-order chi connectivity index (χ1) is 16.9. The van der Waals surface area contributed by atoms with Gasteiger partial charge < -0.3 is 19.8 Å². The maximum absolute atomic E-state index is 14.6. The Morgan fingerprint density at radius 2 is 2.00 bits per heavy atom. The SMILES string of the molecule is O=C1c2cccc(F)c2CN1[C@@H]1CC[C@@]2(O)[C@@H]3Cc4ccc(O)c5c4[C@@]2(CCN3CC2CC2)[C@H]1O5. The second-order valence-electron chi connectivity index (χ2n) is 11.6. The molecule has 0 aromatic heterocycles. The first-order valence-corrected chi connectivity index (χ1v) is 13.0. The zero-order valence-electron chi connectivity index (χ0n) is 19.5. The summed E-state index contributed by atoms with van der Waals surface area (Å²) in [6.07, 6.45) is 4.67. The molecule has 8 rings (SSSR count). The number of phenolic OH excluding ortho intramolecular Hbond substituents is 1. The molecule has 1 spiro atoms. The van der Waals surface area contributed by atoms with E-state index in [0.717, 1.165) is 43.0 Å². The van der Waals surface area contributed by atoms with E-state index < -0.39 is 17.1 Å². The van der Waals surface area contributed by atoms with Gasteiger partial charge in [0.05, 0.1) is 23.6 Å². The number of rotatable bonds is 3. The molecule has 2 N–H and O–H groups in total. The molecule has 182 valence electrons. The number of carbonyl (C=O) groups is 1. The van der Waals surface area contributed by atoms with E-state index in [1.807, 2.05) is 6.07 Å². The molecule has 2 saturated carbocycles. The summed E-state index contributed by atoms with van der Waals surface area (Å²) < 4.78 is 21.2. The molecule has 35 heavy (non-hydrogen) atoms. The molecule has 7 heteroatoms. The van der Waals surface area contributed by atoms with Crippen LogP contribution in [-0.4, -0.2) is 62.8 Å². The van der Waals surface area contributed by atoms with Crippen molar-refractivity contribution >= 4 is 5.91 Å². The third kappa shape index (κ3) is 2.39. The molecule has 2 bridgehead atoms. The summed E-state index contributed by atoms with van der Waals surface area (Å²) in [6, 6.07) is 8.07. The smallest absolute Gasteiger partial charge is 0.254 e. The minimum Gasteiger partial charge on any atom is -0.504 e. The zero-order chi connectivity index (χ0) is 23.7. The number of benzene rings is 2. The zero-order valence-corrected chi connectivity index (χ0v) is 19.5. The molecular weight excluding hydrogens is 447 g/mol. The van der Waals surface area contributed by atoms with Gasteiger partial charge in [-0.3, -0.25) is 9.69 Å². The van der Waals surface area contributed by atoms with Gasteiger partial charge >= 0.3 is 0 Å². The van der Waals surface area contributed by atoms with E-state index in [2.05, 4.69) is 4.90 Å². The molecule has 0 radical (unpaired) electrons. The lowest BCUT2D eigenvalue weighted by molar-refractivity contribution is -0.198. The van der Waals surface area contributed by atoms with Crippen molar-refractivity contribution in [3.63, 3.8) is 0 Å². The third-order valence-electron chi connectivity index (χ3n) is 10.1. The highest BCUT2D eigenvalue weighted by atomic mass is 19.1. The number of hydrogen-bond acceptors (Lipinski definition) is 5. The number of halogens is 1. The summed E-state index contributed by atoms with van der Waals surface area (Å²) in [5, 5.41) is 23.4. The Morgan fingerprint density at radius 3 is 2.80 bits per heavy atom. The summed E-state index contributed by atoms with van der Waals surface area (Å²) in [5.74, 6) is 0.767. The number of aliphatic hydroxyl groups is 1. The minimum atomic E-state index is -0.992.